The Hall–Kier alpha value is -0.0400. The summed E-state index contributed by atoms with van der Waals surface area (Å²) < 4.78 is 0. The van der Waals surface area contributed by atoms with Gasteiger partial charge in [-0.25, -0.2) is 0 Å². The Labute approximate surface area is 142 Å². The van der Waals surface area contributed by atoms with Crippen molar-refractivity contribution in [3.63, 3.8) is 0 Å². The highest BCUT2D eigenvalue weighted by Gasteiger charge is 2.20. The van der Waals surface area contributed by atoms with Crippen LogP contribution in [0.4, 0.5) is 0 Å². The molecule has 1 fully saturated rings. The summed E-state index contributed by atoms with van der Waals surface area (Å²) >= 11 is 0. The third kappa shape index (κ3) is 7.67. The van der Waals surface area contributed by atoms with E-state index in [4.69, 9.17) is 4.99 Å². The second-order valence-corrected chi connectivity index (χ2v) is 5.74. The standard InChI is InChI=1S/C15H32N4.HI/c1-5-9-17-15(16-6-2)18-11-14(4)19-10-7-8-13(3)12-19;/h13-14H,5-12H2,1-4H3,(H2,16,17,18);1H. The molecule has 0 saturated carbocycles. The molecule has 0 spiro atoms. The van der Waals surface area contributed by atoms with Crippen LogP contribution < -0.4 is 10.6 Å². The van der Waals surface area contributed by atoms with Crippen LogP contribution in [0.15, 0.2) is 4.99 Å². The summed E-state index contributed by atoms with van der Waals surface area (Å²) in [5.74, 6) is 1.80. The maximum atomic E-state index is 4.70. The second kappa shape index (κ2) is 11.6. The smallest absolute Gasteiger partial charge is 0.191 e. The number of hydrogen-bond acceptors (Lipinski definition) is 2. The summed E-state index contributed by atoms with van der Waals surface area (Å²) in [6.07, 6.45) is 3.85. The van der Waals surface area contributed by atoms with E-state index >= 15 is 0 Å². The number of hydrogen-bond donors (Lipinski definition) is 2. The normalized spacial score (nSPS) is 22.0. The summed E-state index contributed by atoms with van der Waals surface area (Å²) in [6, 6.07) is 0.542. The minimum Gasteiger partial charge on any atom is -0.357 e. The van der Waals surface area contributed by atoms with Crippen LogP contribution in [0.3, 0.4) is 0 Å². The van der Waals surface area contributed by atoms with Crippen molar-refractivity contribution in [1.82, 2.24) is 15.5 Å². The molecule has 20 heavy (non-hydrogen) atoms. The molecule has 120 valence electrons. The Balaban J connectivity index is 0.00000361. The molecule has 1 aliphatic rings. The van der Waals surface area contributed by atoms with Crippen molar-refractivity contribution in [2.75, 3.05) is 32.7 Å². The molecule has 1 rings (SSSR count). The van der Waals surface area contributed by atoms with Crippen LogP contribution in [-0.4, -0.2) is 49.6 Å². The number of aliphatic imine (C=N–C) groups is 1. The molecule has 0 bridgehead atoms. The SMILES string of the molecule is CCCNC(=NCC(C)N1CCCC(C)C1)NCC.I. The Morgan fingerprint density at radius 1 is 1.35 bits per heavy atom. The minimum atomic E-state index is 0. The van der Waals surface area contributed by atoms with E-state index in [0.29, 0.717) is 6.04 Å². The van der Waals surface area contributed by atoms with Crippen LogP contribution in [0, 0.1) is 5.92 Å². The predicted octanol–water partition coefficient (Wildman–Crippen LogP) is 2.69. The molecule has 5 heteroatoms. The van der Waals surface area contributed by atoms with Gasteiger partial charge in [0.2, 0.25) is 0 Å². The summed E-state index contributed by atoms with van der Waals surface area (Å²) in [6.45, 7) is 14.2. The van der Waals surface area contributed by atoms with E-state index in [-0.39, 0.29) is 24.0 Å². The quantitative estimate of drug-likeness (QED) is 0.412. The van der Waals surface area contributed by atoms with E-state index in [1.54, 1.807) is 0 Å². The van der Waals surface area contributed by atoms with E-state index in [2.05, 4.69) is 43.2 Å². The lowest BCUT2D eigenvalue weighted by Gasteiger charge is -2.35. The maximum absolute atomic E-state index is 4.70. The summed E-state index contributed by atoms with van der Waals surface area (Å²) in [4.78, 5) is 7.29. The van der Waals surface area contributed by atoms with Crippen molar-refractivity contribution in [2.24, 2.45) is 10.9 Å². The molecule has 0 aromatic carbocycles. The topological polar surface area (TPSA) is 39.7 Å². The molecule has 2 N–H and O–H groups in total. The zero-order valence-electron chi connectivity index (χ0n) is 13.6. The molecule has 1 aliphatic heterocycles. The highest BCUT2D eigenvalue weighted by molar-refractivity contribution is 14.0. The monoisotopic (exact) mass is 396 g/mol. The second-order valence-electron chi connectivity index (χ2n) is 5.74. The minimum absolute atomic E-state index is 0. The molecule has 0 radical (unpaired) electrons. The van der Waals surface area contributed by atoms with Crippen molar-refractivity contribution >= 4 is 29.9 Å². The Bertz CT molecular complexity index is 271. The molecular formula is C15H33IN4. The van der Waals surface area contributed by atoms with Gasteiger partial charge in [-0.15, -0.1) is 24.0 Å². The number of halogens is 1. The molecule has 0 amide bonds. The average Bonchev–Trinajstić information content (AvgIpc) is 2.41. The van der Waals surface area contributed by atoms with Crippen molar-refractivity contribution in [1.29, 1.82) is 0 Å². The fourth-order valence-corrected chi connectivity index (χ4v) is 2.55. The van der Waals surface area contributed by atoms with Crippen LogP contribution in [0.25, 0.3) is 0 Å². The molecule has 0 aromatic rings. The molecule has 2 atom stereocenters. The van der Waals surface area contributed by atoms with Crippen LogP contribution in [-0.2, 0) is 0 Å². The van der Waals surface area contributed by atoms with Crippen LogP contribution >= 0.6 is 24.0 Å². The Kier molecular flexibility index (Phi) is 11.6. The summed E-state index contributed by atoms with van der Waals surface area (Å²) in [7, 11) is 0. The van der Waals surface area contributed by atoms with Gasteiger partial charge in [0.05, 0.1) is 6.54 Å². The first-order valence-electron chi connectivity index (χ1n) is 7.93. The van der Waals surface area contributed by atoms with Gasteiger partial charge in [-0.2, -0.15) is 0 Å². The molecule has 4 nitrogen and oxygen atoms in total. The van der Waals surface area contributed by atoms with Gasteiger partial charge >= 0.3 is 0 Å². The first kappa shape index (κ1) is 20.0. The van der Waals surface area contributed by atoms with Gasteiger partial charge in [-0.05, 0) is 45.6 Å². The Morgan fingerprint density at radius 2 is 2.10 bits per heavy atom. The predicted molar refractivity (Wildman–Crippen MR) is 99.1 cm³/mol. The number of nitrogens with one attached hydrogen (secondary N) is 2. The van der Waals surface area contributed by atoms with Crippen molar-refractivity contribution in [2.45, 2.75) is 53.0 Å². The maximum Gasteiger partial charge on any atom is 0.191 e. The van der Waals surface area contributed by atoms with Crippen molar-refractivity contribution in [3.05, 3.63) is 0 Å². The molecule has 1 saturated heterocycles. The highest BCUT2D eigenvalue weighted by atomic mass is 127. The van der Waals surface area contributed by atoms with E-state index in [9.17, 15) is 0 Å². The number of likely N-dealkylation sites (tertiary alicyclic amines) is 1. The third-order valence-electron chi connectivity index (χ3n) is 3.71. The number of piperidine rings is 1. The Morgan fingerprint density at radius 3 is 2.70 bits per heavy atom. The number of nitrogens with zero attached hydrogens (tertiary/aromatic N) is 2. The van der Waals surface area contributed by atoms with Gasteiger partial charge in [0, 0.05) is 25.7 Å². The van der Waals surface area contributed by atoms with Gasteiger partial charge in [-0.1, -0.05) is 13.8 Å². The lowest BCUT2D eigenvalue weighted by atomic mass is 9.99. The largest absolute Gasteiger partial charge is 0.357 e. The first-order valence-corrected chi connectivity index (χ1v) is 7.93. The van der Waals surface area contributed by atoms with E-state index in [1.807, 2.05) is 0 Å². The van der Waals surface area contributed by atoms with Crippen LogP contribution in [0.1, 0.15) is 47.0 Å². The van der Waals surface area contributed by atoms with E-state index in [0.717, 1.165) is 37.9 Å². The summed E-state index contributed by atoms with van der Waals surface area (Å²) in [5, 5.41) is 6.66. The molecular weight excluding hydrogens is 363 g/mol. The van der Waals surface area contributed by atoms with Crippen LogP contribution in [0.2, 0.25) is 0 Å². The number of rotatable bonds is 6. The van der Waals surface area contributed by atoms with E-state index < -0.39 is 0 Å². The molecule has 1 heterocycles. The fourth-order valence-electron chi connectivity index (χ4n) is 2.55. The average molecular weight is 396 g/mol. The summed E-state index contributed by atoms with van der Waals surface area (Å²) in [5.41, 5.74) is 0. The van der Waals surface area contributed by atoms with Crippen molar-refractivity contribution in [3.8, 4) is 0 Å². The van der Waals surface area contributed by atoms with Gasteiger partial charge in [0.15, 0.2) is 5.96 Å². The lowest BCUT2D eigenvalue weighted by Crippen LogP contribution is -2.43. The zero-order chi connectivity index (χ0) is 14.1. The van der Waals surface area contributed by atoms with Gasteiger partial charge in [-0.3, -0.25) is 9.89 Å². The highest BCUT2D eigenvalue weighted by Crippen LogP contribution is 2.17. The molecule has 2 unspecified atom stereocenters. The fraction of sp³-hybridized carbons (Fsp3) is 0.933. The van der Waals surface area contributed by atoms with Gasteiger partial charge in [0.25, 0.3) is 0 Å². The molecule has 0 aliphatic carbocycles. The molecule has 0 aromatic heterocycles. The lowest BCUT2D eigenvalue weighted by molar-refractivity contribution is 0.142. The zero-order valence-corrected chi connectivity index (χ0v) is 15.9. The van der Waals surface area contributed by atoms with Crippen molar-refractivity contribution < 1.29 is 0 Å². The first-order chi connectivity index (χ1) is 9.17. The third-order valence-corrected chi connectivity index (χ3v) is 3.71. The van der Waals surface area contributed by atoms with Crippen LogP contribution in [0.5, 0.6) is 0 Å². The number of guanidine groups is 1. The van der Waals surface area contributed by atoms with E-state index in [1.165, 1.54) is 25.9 Å². The van der Waals surface area contributed by atoms with Gasteiger partial charge < -0.3 is 10.6 Å². The van der Waals surface area contributed by atoms with Gasteiger partial charge in [0.1, 0.15) is 0 Å².